The maximum absolute atomic E-state index is 12.1. The third kappa shape index (κ3) is 5.11. The molecule has 1 aromatic carbocycles. The molecule has 8 nitrogen and oxygen atoms in total. The lowest BCUT2D eigenvalue weighted by Gasteiger charge is -2.16. The summed E-state index contributed by atoms with van der Waals surface area (Å²) in [6.07, 6.45) is 2.97. The minimum Gasteiger partial charge on any atom is -0.390 e. The van der Waals surface area contributed by atoms with Gasteiger partial charge >= 0.3 is 5.69 Å². The van der Waals surface area contributed by atoms with Crippen LogP contribution >= 0.6 is 15.9 Å². The summed E-state index contributed by atoms with van der Waals surface area (Å²) in [6.45, 7) is 1.90. The average molecular weight is 464 g/mol. The van der Waals surface area contributed by atoms with E-state index in [2.05, 4.69) is 26.2 Å². The minimum absolute atomic E-state index is 0.0928. The van der Waals surface area contributed by atoms with Crippen molar-refractivity contribution in [2.75, 3.05) is 6.54 Å². The first-order valence-electron chi connectivity index (χ1n) is 9.27. The van der Waals surface area contributed by atoms with Crippen LogP contribution in [0.5, 0.6) is 0 Å². The normalized spacial score (nSPS) is 21.6. The van der Waals surface area contributed by atoms with Gasteiger partial charge in [0.05, 0.1) is 6.10 Å². The number of H-pyrrole nitrogens is 1. The lowest BCUT2D eigenvalue weighted by atomic mass is 10.1. The largest absolute Gasteiger partial charge is 0.390 e. The second kappa shape index (κ2) is 9.34. The molecule has 1 aliphatic rings. The van der Waals surface area contributed by atoms with E-state index in [1.165, 1.54) is 16.8 Å². The van der Waals surface area contributed by atoms with Crippen LogP contribution in [0.1, 0.15) is 30.7 Å². The minimum atomic E-state index is -0.851. The van der Waals surface area contributed by atoms with Gasteiger partial charge in [-0.15, -0.1) is 0 Å². The maximum atomic E-state index is 12.1. The predicted octanol–water partition coefficient (Wildman–Crippen LogP) is 1.34. The van der Waals surface area contributed by atoms with Crippen molar-refractivity contribution >= 4 is 27.9 Å². The second-order valence-corrected chi connectivity index (χ2v) is 7.56. The van der Waals surface area contributed by atoms with Gasteiger partial charge in [0.2, 0.25) is 5.91 Å². The van der Waals surface area contributed by atoms with Gasteiger partial charge in [0, 0.05) is 35.3 Å². The number of hydrogen-bond acceptors (Lipinski definition) is 5. The standard InChI is InChI=1S/C20H22BrN3O5/c1-2-12-11-24(20(28)23-19(12)27)18-9-15(25)16(29-18)10-22-17(26)8-7-13-5-3-4-6-14(13)21/h3-8,11,15-16,18,25H,2,9-10H2,1H3,(H,22,26)(H,23,27,28)/t15?,16-,18-/m0/s1. The number of aliphatic hydroxyl groups excluding tert-OH is 1. The van der Waals surface area contributed by atoms with E-state index in [0.29, 0.717) is 12.0 Å². The number of hydrogen-bond donors (Lipinski definition) is 3. The van der Waals surface area contributed by atoms with Gasteiger partial charge in [0.1, 0.15) is 12.3 Å². The maximum Gasteiger partial charge on any atom is 0.330 e. The summed E-state index contributed by atoms with van der Waals surface area (Å²) in [7, 11) is 0. The SMILES string of the molecule is CCc1cn([C@@H]2CC(O)[C@H](CNC(=O)C=Cc3ccccc3Br)O2)c(=O)[nH]c1=O. The van der Waals surface area contributed by atoms with Crippen molar-refractivity contribution in [3.05, 3.63) is 73.0 Å². The monoisotopic (exact) mass is 463 g/mol. The van der Waals surface area contributed by atoms with Gasteiger partial charge in [-0.1, -0.05) is 41.1 Å². The number of aliphatic hydroxyl groups is 1. The van der Waals surface area contributed by atoms with Gasteiger partial charge in [-0.05, 0) is 24.1 Å². The fourth-order valence-corrected chi connectivity index (χ4v) is 3.52. The Balaban J connectivity index is 1.61. The van der Waals surface area contributed by atoms with E-state index < -0.39 is 29.7 Å². The molecule has 1 aromatic heterocycles. The Kier molecular flexibility index (Phi) is 6.83. The number of benzene rings is 1. The number of nitrogens with one attached hydrogen (secondary N) is 2. The summed E-state index contributed by atoms with van der Waals surface area (Å²) >= 11 is 3.41. The molecule has 0 bridgehead atoms. The van der Waals surface area contributed by atoms with E-state index in [1.807, 2.05) is 31.2 Å². The number of nitrogens with zero attached hydrogens (tertiary/aromatic N) is 1. The van der Waals surface area contributed by atoms with Crippen molar-refractivity contribution < 1.29 is 14.6 Å². The summed E-state index contributed by atoms with van der Waals surface area (Å²) in [5.41, 5.74) is 0.305. The molecule has 1 amide bonds. The molecular formula is C20H22BrN3O5. The topological polar surface area (TPSA) is 113 Å². The molecular weight excluding hydrogens is 442 g/mol. The summed E-state index contributed by atoms with van der Waals surface area (Å²) in [4.78, 5) is 38.1. The number of amides is 1. The highest BCUT2D eigenvalue weighted by molar-refractivity contribution is 9.10. The molecule has 1 aliphatic heterocycles. The summed E-state index contributed by atoms with van der Waals surface area (Å²) < 4.78 is 7.91. The lowest BCUT2D eigenvalue weighted by Crippen LogP contribution is -2.37. The molecule has 0 aliphatic carbocycles. The van der Waals surface area contributed by atoms with Crippen molar-refractivity contribution in [3.8, 4) is 0 Å². The third-order valence-electron chi connectivity index (χ3n) is 4.73. The van der Waals surface area contributed by atoms with Crippen molar-refractivity contribution in [1.29, 1.82) is 0 Å². The molecule has 0 radical (unpaired) electrons. The van der Waals surface area contributed by atoms with E-state index >= 15 is 0 Å². The fraction of sp³-hybridized carbons (Fsp3) is 0.350. The highest BCUT2D eigenvalue weighted by atomic mass is 79.9. The predicted molar refractivity (Wildman–Crippen MR) is 111 cm³/mol. The van der Waals surface area contributed by atoms with Crippen LogP contribution in [0.15, 0.2) is 50.6 Å². The van der Waals surface area contributed by atoms with Gasteiger partial charge < -0.3 is 15.2 Å². The number of aromatic amines is 1. The Morgan fingerprint density at radius 1 is 1.41 bits per heavy atom. The number of halogens is 1. The third-order valence-corrected chi connectivity index (χ3v) is 5.46. The number of ether oxygens (including phenoxy) is 1. The van der Waals surface area contributed by atoms with E-state index in [-0.39, 0.29) is 18.9 Å². The first-order chi connectivity index (χ1) is 13.9. The molecule has 0 saturated carbocycles. The number of rotatable bonds is 6. The Hall–Kier alpha value is -2.49. The molecule has 3 rings (SSSR count). The summed E-state index contributed by atoms with van der Waals surface area (Å²) in [5.74, 6) is -0.325. The van der Waals surface area contributed by atoms with Crippen LogP contribution in [-0.2, 0) is 16.0 Å². The zero-order valence-corrected chi connectivity index (χ0v) is 17.4. The van der Waals surface area contributed by atoms with Crippen LogP contribution in [0, 0.1) is 0 Å². The van der Waals surface area contributed by atoms with Crippen molar-refractivity contribution in [2.45, 2.75) is 38.2 Å². The highest BCUT2D eigenvalue weighted by Crippen LogP contribution is 2.27. The van der Waals surface area contributed by atoms with E-state index in [0.717, 1.165) is 10.0 Å². The van der Waals surface area contributed by atoms with Gasteiger partial charge in [0.15, 0.2) is 0 Å². The lowest BCUT2D eigenvalue weighted by molar-refractivity contribution is -0.117. The van der Waals surface area contributed by atoms with Crippen LogP contribution in [0.4, 0.5) is 0 Å². The van der Waals surface area contributed by atoms with Crippen LogP contribution in [-0.4, -0.2) is 39.3 Å². The molecule has 9 heteroatoms. The number of aromatic nitrogens is 2. The van der Waals surface area contributed by atoms with E-state index in [4.69, 9.17) is 4.74 Å². The molecule has 1 saturated heterocycles. The average Bonchev–Trinajstić information content (AvgIpc) is 3.06. The molecule has 1 unspecified atom stereocenters. The Morgan fingerprint density at radius 2 is 2.17 bits per heavy atom. The number of carbonyl (C=O) groups excluding carboxylic acids is 1. The first kappa shape index (κ1) is 21.2. The summed E-state index contributed by atoms with van der Waals surface area (Å²) in [5, 5.41) is 13.0. The smallest absolute Gasteiger partial charge is 0.330 e. The molecule has 29 heavy (non-hydrogen) atoms. The number of carbonyl (C=O) groups is 1. The molecule has 2 aromatic rings. The molecule has 0 spiro atoms. The number of aryl methyl sites for hydroxylation is 1. The molecule has 2 heterocycles. The summed E-state index contributed by atoms with van der Waals surface area (Å²) in [6, 6.07) is 7.50. The van der Waals surface area contributed by atoms with Gasteiger partial charge in [-0.25, -0.2) is 4.79 Å². The van der Waals surface area contributed by atoms with E-state index in [1.54, 1.807) is 6.08 Å². The zero-order chi connectivity index (χ0) is 21.0. The molecule has 154 valence electrons. The Labute approximate surface area is 175 Å². The zero-order valence-electron chi connectivity index (χ0n) is 15.8. The Bertz CT molecular complexity index is 1030. The molecule has 3 N–H and O–H groups in total. The van der Waals surface area contributed by atoms with Gasteiger partial charge in [0.25, 0.3) is 5.56 Å². The molecule has 3 atom stereocenters. The van der Waals surface area contributed by atoms with Crippen LogP contribution in [0.25, 0.3) is 6.08 Å². The van der Waals surface area contributed by atoms with Crippen LogP contribution < -0.4 is 16.6 Å². The van der Waals surface area contributed by atoms with Crippen LogP contribution in [0.2, 0.25) is 0 Å². The van der Waals surface area contributed by atoms with Crippen molar-refractivity contribution in [2.24, 2.45) is 0 Å². The molecule has 1 fully saturated rings. The quantitative estimate of drug-likeness (QED) is 0.559. The van der Waals surface area contributed by atoms with Gasteiger partial charge in [-0.2, -0.15) is 0 Å². The first-order valence-corrected chi connectivity index (χ1v) is 10.1. The van der Waals surface area contributed by atoms with Crippen LogP contribution in [0.3, 0.4) is 0 Å². The van der Waals surface area contributed by atoms with Gasteiger partial charge in [-0.3, -0.25) is 19.1 Å². The Morgan fingerprint density at radius 3 is 2.90 bits per heavy atom. The fourth-order valence-electron chi connectivity index (χ4n) is 3.10. The second-order valence-electron chi connectivity index (χ2n) is 6.71. The van der Waals surface area contributed by atoms with Crippen molar-refractivity contribution in [3.63, 3.8) is 0 Å². The van der Waals surface area contributed by atoms with Crippen molar-refractivity contribution in [1.82, 2.24) is 14.9 Å². The highest BCUT2D eigenvalue weighted by Gasteiger charge is 2.35. The van der Waals surface area contributed by atoms with E-state index in [9.17, 15) is 19.5 Å².